The number of ether oxygens (including phenoxy) is 1. The first kappa shape index (κ1) is 18.1. The molecule has 2 aliphatic heterocycles. The van der Waals surface area contributed by atoms with E-state index in [4.69, 9.17) is 9.15 Å². The van der Waals surface area contributed by atoms with Gasteiger partial charge in [0.05, 0.1) is 18.7 Å². The number of para-hydroxylation sites is 2. The highest BCUT2D eigenvalue weighted by Gasteiger charge is 2.50. The van der Waals surface area contributed by atoms with Crippen LogP contribution in [0, 0.1) is 0 Å². The summed E-state index contributed by atoms with van der Waals surface area (Å²) in [6.07, 6.45) is -0.221. The summed E-state index contributed by atoms with van der Waals surface area (Å²) in [7, 11) is 1.50. The third-order valence-corrected chi connectivity index (χ3v) is 5.33. The molecule has 0 bridgehead atoms. The molecule has 3 heterocycles. The van der Waals surface area contributed by atoms with Gasteiger partial charge in [0, 0.05) is 38.7 Å². The summed E-state index contributed by atoms with van der Waals surface area (Å²) in [5, 5.41) is 0. The largest absolute Gasteiger partial charge is 0.420 e. The number of halogens is 2. The zero-order valence-corrected chi connectivity index (χ0v) is 14.9. The Hall–Kier alpha value is -2.26. The lowest BCUT2D eigenvalue weighted by Gasteiger charge is -2.45. The zero-order valence-electron chi connectivity index (χ0n) is 14.9. The summed E-state index contributed by atoms with van der Waals surface area (Å²) in [6, 6.07) is 6.45. The van der Waals surface area contributed by atoms with Gasteiger partial charge < -0.3 is 14.1 Å². The van der Waals surface area contributed by atoms with Gasteiger partial charge in [0.15, 0.2) is 5.58 Å². The molecule has 0 radical (unpaired) electrons. The van der Waals surface area contributed by atoms with Crippen LogP contribution in [0.5, 0.6) is 0 Å². The van der Waals surface area contributed by atoms with Gasteiger partial charge in [0.2, 0.25) is 5.91 Å². The number of fused-ring (bicyclic) bond motifs is 1. The fourth-order valence-electron chi connectivity index (χ4n) is 3.96. The standard InChI is InChI=1S/C18H21F2N3O4/c1-26-10-12-6-18(19,20)11-23(12)13-7-21(8-13)16(24)9-22-14-4-2-3-5-15(14)27-17(22)25/h2-5,12-13H,6-11H2,1H3/t12-/m0/s1. The van der Waals surface area contributed by atoms with E-state index in [1.807, 2.05) is 0 Å². The molecule has 2 fully saturated rings. The molecule has 0 unspecified atom stereocenters. The highest BCUT2D eigenvalue weighted by Crippen LogP contribution is 2.35. The van der Waals surface area contributed by atoms with Crippen molar-refractivity contribution in [2.75, 3.05) is 33.4 Å². The van der Waals surface area contributed by atoms with Crippen LogP contribution in [0.1, 0.15) is 6.42 Å². The molecule has 4 rings (SSSR count). The van der Waals surface area contributed by atoms with E-state index in [2.05, 4.69) is 0 Å². The van der Waals surface area contributed by atoms with Crippen molar-refractivity contribution in [2.24, 2.45) is 0 Å². The van der Waals surface area contributed by atoms with Crippen LogP contribution in [-0.4, -0.2) is 71.6 Å². The van der Waals surface area contributed by atoms with Crippen molar-refractivity contribution in [3.05, 3.63) is 34.8 Å². The number of rotatable bonds is 5. The number of amides is 1. The molecule has 1 atom stereocenters. The fraction of sp³-hybridized carbons (Fsp3) is 0.556. The molecule has 146 valence electrons. The number of oxazole rings is 1. The van der Waals surface area contributed by atoms with E-state index < -0.39 is 11.7 Å². The Morgan fingerprint density at radius 2 is 2.07 bits per heavy atom. The van der Waals surface area contributed by atoms with Crippen molar-refractivity contribution >= 4 is 17.0 Å². The van der Waals surface area contributed by atoms with Crippen molar-refractivity contribution < 1.29 is 22.7 Å². The van der Waals surface area contributed by atoms with Gasteiger partial charge in [-0.15, -0.1) is 0 Å². The maximum atomic E-state index is 13.8. The first-order valence-corrected chi connectivity index (χ1v) is 8.86. The summed E-state index contributed by atoms with van der Waals surface area (Å²) in [5.74, 6) is -3.54. The van der Waals surface area contributed by atoms with Gasteiger partial charge in [-0.25, -0.2) is 13.6 Å². The highest BCUT2D eigenvalue weighted by atomic mass is 19.3. The molecule has 1 amide bonds. The normalized spacial score (nSPS) is 23.1. The molecule has 7 nitrogen and oxygen atoms in total. The summed E-state index contributed by atoms with van der Waals surface area (Å²) in [4.78, 5) is 27.8. The molecule has 1 aromatic heterocycles. The lowest BCUT2D eigenvalue weighted by atomic mass is 10.1. The molecule has 2 aromatic rings. The second-order valence-electron chi connectivity index (χ2n) is 7.22. The van der Waals surface area contributed by atoms with Gasteiger partial charge in [0.1, 0.15) is 6.54 Å². The average Bonchev–Trinajstić information content (AvgIpc) is 3.03. The highest BCUT2D eigenvalue weighted by molar-refractivity contribution is 5.80. The molecule has 0 spiro atoms. The van der Waals surface area contributed by atoms with Crippen LogP contribution in [0.15, 0.2) is 33.5 Å². The lowest BCUT2D eigenvalue weighted by Crippen LogP contribution is -2.63. The number of carbonyl (C=O) groups is 1. The van der Waals surface area contributed by atoms with E-state index >= 15 is 0 Å². The molecule has 9 heteroatoms. The van der Waals surface area contributed by atoms with E-state index in [0.717, 1.165) is 0 Å². The van der Waals surface area contributed by atoms with Crippen LogP contribution in [-0.2, 0) is 16.1 Å². The van der Waals surface area contributed by atoms with Gasteiger partial charge in [-0.3, -0.25) is 14.3 Å². The number of hydrogen-bond acceptors (Lipinski definition) is 5. The number of nitrogens with zero attached hydrogens (tertiary/aromatic N) is 3. The van der Waals surface area contributed by atoms with E-state index in [1.54, 1.807) is 34.1 Å². The topological polar surface area (TPSA) is 67.9 Å². The van der Waals surface area contributed by atoms with Crippen molar-refractivity contribution in [2.45, 2.75) is 31.0 Å². The minimum Gasteiger partial charge on any atom is -0.408 e. The van der Waals surface area contributed by atoms with Crippen molar-refractivity contribution in [1.29, 1.82) is 0 Å². The molecule has 0 aliphatic carbocycles. The number of carbonyl (C=O) groups excluding carboxylic acids is 1. The van der Waals surface area contributed by atoms with Crippen molar-refractivity contribution in [3.8, 4) is 0 Å². The van der Waals surface area contributed by atoms with Crippen LogP contribution >= 0.6 is 0 Å². The number of alkyl halides is 2. The van der Waals surface area contributed by atoms with Crippen LogP contribution in [0.4, 0.5) is 8.78 Å². The number of benzene rings is 1. The second kappa shape index (κ2) is 6.72. The van der Waals surface area contributed by atoms with E-state index in [0.29, 0.717) is 24.2 Å². The average molecular weight is 381 g/mol. The molecular weight excluding hydrogens is 360 g/mol. The van der Waals surface area contributed by atoms with E-state index in [9.17, 15) is 18.4 Å². The summed E-state index contributed by atoms with van der Waals surface area (Å²) in [5.41, 5.74) is 0.991. The van der Waals surface area contributed by atoms with E-state index in [-0.39, 0.29) is 44.1 Å². The number of methoxy groups -OCH3 is 1. The molecule has 1 aromatic carbocycles. The van der Waals surface area contributed by atoms with Gasteiger partial charge >= 0.3 is 5.76 Å². The quantitative estimate of drug-likeness (QED) is 0.778. The van der Waals surface area contributed by atoms with Gasteiger partial charge in [-0.2, -0.15) is 0 Å². The van der Waals surface area contributed by atoms with Crippen LogP contribution < -0.4 is 5.76 Å². The summed E-state index contributed by atoms with van der Waals surface area (Å²) < 4.78 is 39.0. The van der Waals surface area contributed by atoms with Crippen molar-refractivity contribution in [3.63, 3.8) is 0 Å². The second-order valence-corrected chi connectivity index (χ2v) is 7.22. The third kappa shape index (κ3) is 3.37. The van der Waals surface area contributed by atoms with Crippen molar-refractivity contribution in [1.82, 2.24) is 14.4 Å². The smallest absolute Gasteiger partial charge is 0.408 e. The lowest BCUT2D eigenvalue weighted by molar-refractivity contribution is -0.140. The predicted molar refractivity (Wildman–Crippen MR) is 92.8 cm³/mol. The van der Waals surface area contributed by atoms with Crippen LogP contribution in [0.2, 0.25) is 0 Å². The summed E-state index contributed by atoms with van der Waals surface area (Å²) >= 11 is 0. The molecule has 2 aliphatic rings. The number of likely N-dealkylation sites (tertiary alicyclic amines) is 2. The Morgan fingerprint density at radius 1 is 1.33 bits per heavy atom. The molecule has 0 saturated carbocycles. The fourth-order valence-corrected chi connectivity index (χ4v) is 3.96. The number of aromatic nitrogens is 1. The molecule has 27 heavy (non-hydrogen) atoms. The third-order valence-electron chi connectivity index (χ3n) is 5.33. The first-order valence-electron chi connectivity index (χ1n) is 8.86. The Balaban J connectivity index is 1.40. The first-order chi connectivity index (χ1) is 12.9. The Labute approximate surface area is 154 Å². The number of hydrogen-bond donors (Lipinski definition) is 0. The Kier molecular flexibility index (Phi) is 4.51. The maximum absolute atomic E-state index is 13.8. The van der Waals surface area contributed by atoms with Gasteiger partial charge in [-0.1, -0.05) is 12.1 Å². The van der Waals surface area contributed by atoms with Crippen LogP contribution in [0.3, 0.4) is 0 Å². The van der Waals surface area contributed by atoms with E-state index in [1.165, 1.54) is 11.7 Å². The SMILES string of the molecule is COC[C@@H]1CC(F)(F)CN1C1CN(C(=O)Cn2c(=O)oc3ccccc32)C1. The van der Waals surface area contributed by atoms with Gasteiger partial charge in [0.25, 0.3) is 5.92 Å². The monoisotopic (exact) mass is 381 g/mol. The van der Waals surface area contributed by atoms with Crippen LogP contribution in [0.25, 0.3) is 11.1 Å². The van der Waals surface area contributed by atoms with Gasteiger partial charge in [-0.05, 0) is 12.1 Å². The summed E-state index contributed by atoms with van der Waals surface area (Å²) in [6.45, 7) is 0.565. The Morgan fingerprint density at radius 3 is 2.81 bits per heavy atom. The molecule has 2 saturated heterocycles. The molecular formula is C18H21F2N3O4. The minimum absolute atomic E-state index is 0.111. The maximum Gasteiger partial charge on any atom is 0.420 e. The zero-order chi connectivity index (χ0) is 19.2. The minimum atomic E-state index is -2.73. The molecule has 0 N–H and O–H groups in total. The predicted octanol–water partition coefficient (Wildman–Crippen LogP) is 1.16. The Bertz CT molecular complexity index is 903.